The van der Waals surface area contributed by atoms with Crippen LogP contribution in [0.1, 0.15) is 0 Å². The van der Waals surface area contributed by atoms with Crippen LogP contribution in [0.4, 0.5) is 4.39 Å². The number of hydrogen-bond acceptors (Lipinski definition) is 2. The molecule has 12 heavy (non-hydrogen) atoms. The molecule has 1 aromatic carbocycles. The molecule has 0 amide bonds. The van der Waals surface area contributed by atoms with Gasteiger partial charge in [-0.25, -0.2) is 4.39 Å². The van der Waals surface area contributed by atoms with Crippen LogP contribution in [0.5, 0.6) is 0 Å². The highest BCUT2D eigenvalue weighted by molar-refractivity contribution is 9.10. The van der Waals surface area contributed by atoms with E-state index in [2.05, 4.69) is 15.9 Å². The summed E-state index contributed by atoms with van der Waals surface area (Å²) in [6, 6.07) is 2.32. The molecule has 0 aliphatic carbocycles. The fourth-order valence-electron chi connectivity index (χ4n) is 0.740. The second kappa shape index (κ2) is 3.74. The zero-order valence-corrected chi connectivity index (χ0v) is 8.10. The summed E-state index contributed by atoms with van der Waals surface area (Å²) in [4.78, 5) is 0. The molecule has 0 radical (unpaired) electrons. The first-order valence-electron chi connectivity index (χ1n) is 3.03. The van der Waals surface area contributed by atoms with Gasteiger partial charge >= 0.3 is 7.12 Å². The fourth-order valence-corrected chi connectivity index (χ4v) is 1.35. The maximum atomic E-state index is 12.7. The van der Waals surface area contributed by atoms with Gasteiger partial charge in [-0.05, 0) is 22.0 Å². The highest BCUT2D eigenvalue weighted by Gasteiger charge is 2.18. The summed E-state index contributed by atoms with van der Waals surface area (Å²) in [5.74, 6) is -0.538. The second-order valence-electron chi connectivity index (χ2n) is 2.14. The molecule has 0 atom stereocenters. The molecule has 0 spiro atoms. The number of rotatable bonds is 1. The minimum atomic E-state index is -1.69. The van der Waals surface area contributed by atoms with Crippen molar-refractivity contribution in [3.63, 3.8) is 0 Å². The van der Waals surface area contributed by atoms with Gasteiger partial charge in [-0.3, -0.25) is 0 Å². The lowest BCUT2D eigenvalue weighted by molar-refractivity contribution is 0.425. The molecule has 0 bridgehead atoms. The minimum absolute atomic E-state index is 0.0231. The summed E-state index contributed by atoms with van der Waals surface area (Å²) < 4.78 is 12.8. The maximum Gasteiger partial charge on any atom is 0.490 e. The van der Waals surface area contributed by atoms with E-state index in [1.165, 1.54) is 6.07 Å². The molecule has 6 heteroatoms. The van der Waals surface area contributed by atoms with Crippen LogP contribution in [0.2, 0.25) is 5.02 Å². The standard InChI is InChI=1S/C6H4BBrClFO2/c8-5-4(10)2-1-3(6(5)9)7(11)12/h1-2,11-12H. The van der Waals surface area contributed by atoms with E-state index in [0.717, 1.165) is 6.07 Å². The Morgan fingerprint density at radius 1 is 1.42 bits per heavy atom. The second-order valence-corrected chi connectivity index (χ2v) is 3.31. The molecular weight excluding hydrogens is 249 g/mol. The van der Waals surface area contributed by atoms with Crippen LogP contribution in [0.25, 0.3) is 0 Å². The zero-order valence-electron chi connectivity index (χ0n) is 5.76. The zero-order chi connectivity index (χ0) is 9.30. The molecule has 0 aliphatic heterocycles. The molecule has 0 fully saturated rings. The maximum absolute atomic E-state index is 12.7. The summed E-state index contributed by atoms with van der Waals surface area (Å²) >= 11 is 8.46. The summed E-state index contributed by atoms with van der Waals surface area (Å²) in [5.41, 5.74) is 0.0740. The summed E-state index contributed by atoms with van der Waals surface area (Å²) in [7, 11) is -1.69. The Balaban J connectivity index is 3.27. The van der Waals surface area contributed by atoms with Gasteiger partial charge in [-0.15, -0.1) is 0 Å². The quantitative estimate of drug-likeness (QED) is 0.577. The predicted molar refractivity (Wildman–Crippen MR) is 48.9 cm³/mol. The van der Waals surface area contributed by atoms with Gasteiger partial charge in [0.25, 0.3) is 0 Å². The van der Waals surface area contributed by atoms with Crippen LogP contribution in [-0.2, 0) is 0 Å². The van der Waals surface area contributed by atoms with Gasteiger partial charge in [-0.2, -0.15) is 0 Å². The minimum Gasteiger partial charge on any atom is -0.423 e. The highest BCUT2D eigenvalue weighted by Crippen LogP contribution is 2.23. The smallest absolute Gasteiger partial charge is 0.423 e. The van der Waals surface area contributed by atoms with Gasteiger partial charge in [0.1, 0.15) is 5.82 Å². The van der Waals surface area contributed by atoms with Crippen LogP contribution in [-0.4, -0.2) is 17.2 Å². The third-order valence-electron chi connectivity index (χ3n) is 1.34. The van der Waals surface area contributed by atoms with Crippen molar-refractivity contribution in [3.05, 3.63) is 27.4 Å². The van der Waals surface area contributed by atoms with E-state index < -0.39 is 12.9 Å². The molecule has 64 valence electrons. The van der Waals surface area contributed by atoms with Crippen molar-refractivity contribution in [2.45, 2.75) is 0 Å². The lowest BCUT2D eigenvalue weighted by Gasteiger charge is -2.04. The van der Waals surface area contributed by atoms with Crippen molar-refractivity contribution in [2.75, 3.05) is 0 Å². The van der Waals surface area contributed by atoms with Crippen molar-refractivity contribution >= 4 is 40.1 Å². The van der Waals surface area contributed by atoms with Crippen LogP contribution in [0.15, 0.2) is 16.6 Å². The van der Waals surface area contributed by atoms with E-state index >= 15 is 0 Å². The third kappa shape index (κ3) is 1.80. The van der Waals surface area contributed by atoms with Crippen LogP contribution >= 0.6 is 27.5 Å². The Labute approximate surface area is 82.2 Å². The Kier molecular flexibility index (Phi) is 3.12. The third-order valence-corrected chi connectivity index (χ3v) is 2.75. The topological polar surface area (TPSA) is 40.5 Å². The average molecular weight is 253 g/mol. The van der Waals surface area contributed by atoms with Crippen LogP contribution in [0.3, 0.4) is 0 Å². The largest absolute Gasteiger partial charge is 0.490 e. The lowest BCUT2D eigenvalue weighted by atomic mass is 9.80. The lowest BCUT2D eigenvalue weighted by Crippen LogP contribution is -2.31. The van der Waals surface area contributed by atoms with Crippen molar-refractivity contribution in [2.24, 2.45) is 0 Å². The molecule has 0 heterocycles. The van der Waals surface area contributed by atoms with Gasteiger partial charge in [0.15, 0.2) is 0 Å². The monoisotopic (exact) mass is 252 g/mol. The van der Waals surface area contributed by atoms with E-state index in [1.807, 2.05) is 0 Å². The number of hydrogen-bond donors (Lipinski definition) is 2. The molecule has 0 saturated heterocycles. The average Bonchev–Trinajstić information content (AvgIpc) is 2.00. The van der Waals surface area contributed by atoms with Crippen molar-refractivity contribution in [1.29, 1.82) is 0 Å². The van der Waals surface area contributed by atoms with Crippen molar-refractivity contribution in [3.8, 4) is 0 Å². The molecule has 0 unspecified atom stereocenters. The Morgan fingerprint density at radius 3 is 2.50 bits per heavy atom. The van der Waals surface area contributed by atoms with Crippen LogP contribution < -0.4 is 5.46 Å². The first-order valence-corrected chi connectivity index (χ1v) is 4.20. The molecule has 2 N–H and O–H groups in total. The summed E-state index contributed by atoms with van der Waals surface area (Å²) in [5, 5.41) is 17.5. The van der Waals surface area contributed by atoms with E-state index in [4.69, 9.17) is 21.6 Å². The molecule has 1 rings (SSSR count). The number of benzene rings is 1. The summed E-state index contributed by atoms with van der Waals surface area (Å²) in [6.45, 7) is 0. The Morgan fingerprint density at radius 2 is 2.00 bits per heavy atom. The Hall–Kier alpha value is -0.0951. The van der Waals surface area contributed by atoms with E-state index in [0.29, 0.717) is 0 Å². The van der Waals surface area contributed by atoms with Gasteiger partial charge < -0.3 is 10.0 Å². The van der Waals surface area contributed by atoms with Gasteiger partial charge in [0, 0.05) is 5.46 Å². The highest BCUT2D eigenvalue weighted by atomic mass is 79.9. The predicted octanol–water partition coefficient (Wildman–Crippen LogP) is 0.921. The SMILES string of the molecule is OB(O)c1ccc(F)c(Br)c1Cl. The first-order chi connectivity index (χ1) is 5.54. The summed E-state index contributed by atoms with van der Waals surface area (Å²) in [6.07, 6.45) is 0. The fraction of sp³-hybridized carbons (Fsp3) is 0. The Bertz CT molecular complexity index is 308. The molecular formula is C6H4BBrClFO2. The first kappa shape index (κ1) is 9.99. The van der Waals surface area contributed by atoms with Crippen molar-refractivity contribution in [1.82, 2.24) is 0 Å². The van der Waals surface area contributed by atoms with E-state index in [-0.39, 0.29) is 15.0 Å². The van der Waals surface area contributed by atoms with Gasteiger partial charge in [0.2, 0.25) is 0 Å². The molecule has 0 saturated carbocycles. The van der Waals surface area contributed by atoms with Gasteiger partial charge in [0.05, 0.1) is 9.50 Å². The molecule has 2 nitrogen and oxygen atoms in total. The van der Waals surface area contributed by atoms with Crippen LogP contribution in [0, 0.1) is 5.82 Å². The van der Waals surface area contributed by atoms with Gasteiger partial charge in [-0.1, -0.05) is 17.7 Å². The van der Waals surface area contributed by atoms with E-state index in [1.54, 1.807) is 0 Å². The number of halogens is 3. The van der Waals surface area contributed by atoms with E-state index in [9.17, 15) is 4.39 Å². The molecule has 0 aromatic heterocycles. The normalized spacial score (nSPS) is 10.1. The molecule has 1 aromatic rings. The molecule has 0 aliphatic rings. The van der Waals surface area contributed by atoms with Crippen molar-refractivity contribution < 1.29 is 14.4 Å².